The molecule has 2 atom stereocenters. The van der Waals surface area contributed by atoms with Crippen molar-refractivity contribution in [1.82, 2.24) is 4.90 Å². The van der Waals surface area contributed by atoms with Crippen molar-refractivity contribution in [1.29, 1.82) is 0 Å². The summed E-state index contributed by atoms with van der Waals surface area (Å²) in [6.45, 7) is 10.3. The third-order valence-electron chi connectivity index (χ3n) is 4.06. The summed E-state index contributed by atoms with van der Waals surface area (Å²) in [5.41, 5.74) is 0.553. The Morgan fingerprint density at radius 1 is 1.20 bits per heavy atom. The van der Waals surface area contributed by atoms with Crippen LogP contribution in [0.2, 0.25) is 0 Å². The molecule has 1 aliphatic heterocycles. The van der Waals surface area contributed by atoms with Crippen molar-refractivity contribution in [3.8, 4) is 0 Å². The van der Waals surface area contributed by atoms with Crippen LogP contribution in [-0.2, 0) is 0 Å². The lowest BCUT2D eigenvalue weighted by molar-refractivity contribution is 0.157. The van der Waals surface area contributed by atoms with Gasteiger partial charge in [-0.1, -0.05) is 31.4 Å². The molecule has 0 aromatic rings. The van der Waals surface area contributed by atoms with Crippen molar-refractivity contribution in [2.45, 2.75) is 44.6 Å². The monoisotopic (exact) mass is 205 g/mol. The van der Waals surface area contributed by atoms with Crippen LogP contribution in [0.3, 0.4) is 0 Å². The third-order valence-corrected chi connectivity index (χ3v) is 4.06. The number of hydrogen-bond donors (Lipinski definition) is 0. The zero-order valence-electron chi connectivity index (χ0n) is 9.75. The van der Waals surface area contributed by atoms with Crippen molar-refractivity contribution in [2.75, 3.05) is 13.1 Å². The van der Waals surface area contributed by atoms with Gasteiger partial charge in [-0.15, -0.1) is 13.2 Å². The molecule has 1 heterocycles. The molecule has 84 valence electrons. The normalized spacial score (nSPS) is 33.3. The Kier molecular flexibility index (Phi) is 3.30. The molecule has 2 fully saturated rings. The van der Waals surface area contributed by atoms with Gasteiger partial charge in [0.15, 0.2) is 0 Å². The van der Waals surface area contributed by atoms with Gasteiger partial charge in [-0.05, 0) is 24.7 Å². The van der Waals surface area contributed by atoms with E-state index in [9.17, 15) is 0 Å². The van der Waals surface area contributed by atoms with Crippen LogP contribution in [0.4, 0.5) is 0 Å². The standard InChI is InChI=1S/C14H23N/c1-3-8-14(9-6-5-7-10-14)12-15-11-13(15)4-2/h3-4,13H,1-2,5-12H2. The van der Waals surface area contributed by atoms with E-state index < -0.39 is 0 Å². The van der Waals surface area contributed by atoms with Gasteiger partial charge in [0.2, 0.25) is 0 Å². The molecule has 0 spiro atoms. The molecular formula is C14H23N. The molecule has 0 aromatic heterocycles. The van der Waals surface area contributed by atoms with Gasteiger partial charge >= 0.3 is 0 Å². The summed E-state index contributed by atoms with van der Waals surface area (Å²) in [5, 5.41) is 0. The van der Waals surface area contributed by atoms with Gasteiger partial charge in [0.1, 0.15) is 0 Å². The van der Waals surface area contributed by atoms with Gasteiger partial charge in [0.25, 0.3) is 0 Å². The molecule has 1 saturated carbocycles. The zero-order valence-corrected chi connectivity index (χ0v) is 9.75. The first kappa shape index (κ1) is 10.9. The van der Waals surface area contributed by atoms with E-state index in [4.69, 9.17) is 0 Å². The highest BCUT2D eigenvalue weighted by Crippen LogP contribution is 2.42. The average molecular weight is 205 g/mol. The van der Waals surface area contributed by atoms with Crippen LogP contribution < -0.4 is 0 Å². The Morgan fingerprint density at radius 3 is 2.47 bits per heavy atom. The second kappa shape index (κ2) is 4.52. The third kappa shape index (κ3) is 2.52. The second-order valence-corrected chi connectivity index (χ2v) is 5.29. The predicted molar refractivity (Wildman–Crippen MR) is 65.9 cm³/mol. The first-order chi connectivity index (χ1) is 7.29. The zero-order chi connectivity index (χ0) is 10.7. The van der Waals surface area contributed by atoms with Crippen molar-refractivity contribution in [3.63, 3.8) is 0 Å². The predicted octanol–water partition coefficient (Wildman–Crippen LogP) is 3.38. The van der Waals surface area contributed by atoms with Crippen LogP contribution in [0.15, 0.2) is 25.3 Å². The molecule has 0 N–H and O–H groups in total. The molecule has 2 unspecified atom stereocenters. The molecular weight excluding hydrogens is 182 g/mol. The molecule has 1 saturated heterocycles. The van der Waals surface area contributed by atoms with Crippen LogP contribution >= 0.6 is 0 Å². The number of rotatable bonds is 5. The van der Waals surface area contributed by atoms with Gasteiger partial charge in [-0.25, -0.2) is 0 Å². The van der Waals surface area contributed by atoms with Crippen molar-refractivity contribution < 1.29 is 0 Å². The lowest BCUT2D eigenvalue weighted by Crippen LogP contribution is -2.32. The Hall–Kier alpha value is -0.560. The van der Waals surface area contributed by atoms with Crippen molar-refractivity contribution in [2.24, 2.45) is 5.41 Å². The van der Waals surface area contributed by atoms with Crippen molar-refractivity contribution in [3.05, 3.63) is 25.3 Å². The fourth-order valence-corrected chi connectivity index (χ4v) is 3.06. The SMILES string of the molecule is C=CCC1(CN2CC2C=C)CCCCC1. The van der Waals surface area contributed by atoms with Crippen LogP contribution in [-0.4, -0.2) is 24.0 Å². The summed E-state index contributed by atoms with van der Waals surface area (Å²) in [4.78, 5) is 2.56. The topological polar surface area (TPSA) is 3.01 Å². The maximum Gasteiger partial charge on any atom is 0.0404 e. The van der Waals surface area contributed by atoms with Gasteiger partial charge < -0.3 is 0 Å². The number of allylic oxidation sites excluding steroid dienone is 1. The Morgan fingerprint density at radius 2 is 1.93 bits per heavy atom. The molecule has 0 radical (unpaired) electrons. The summed E-state index contributed by atoms with van der Waals surface area (Å²) in [7, 11) is 0. The van der Waals surface area contributed by atoms with E-state index in [0.717, 1.165) is 0 Å². The quantitative estimate of drug-likeness (QED) is 0.491. The van der Waals surface area contributed by atoms with Gasteiger partial charge in [-0.3, -0.25) is 4.90 Å². The summed E-state index contributed by atoms with van der Waals surface area (Å²) >= 11 is 0. The van der Waals surface area contributed by atoms with E-state index in [-0.39, 0.29) is 0 Å². The summed E-state index contributed by atoms with van der Waals surface area (Å²) in [6, 6.07) is 0.675. The van der Waals surface area contributed by atoms with E-state index in [1.165, 1.54) is 51.6 Å². The molecule has 0 aromatic carbocycles. The van der Waals surface area contributed by atoms with Crippen LogP contribution in [0.5, 0.6) is 0 Å². The molecule has 1 heteroatoms. The highest BCUT2D eigenvalue weighted by molar-refractivity contribution is 5.05. The Labute approximate surface area is 93.9 Å². The van der Waals surface area contributed by atoms with E-state index >= 15 is 0 Å². The van der Waals surface area contributed by atoms with Crippen LogP contribution in [0.1, 0.15) is 38.5 Å². The highest BCUT2D eigenvalue weighted by Gasteiger charge is 2.39. The molecule has 1 nitrogen and oxygen atoms in total. The van der Waals surface area contributed by atoms with Gasteiger partial charge in [0.05, 0.1) is 0 Å². The van der Waals surface area contributed by atoms with Crippen LogP contribution in [0, 0.1) is 5.41 Å². The molecule has 0 bridgehead atoms. The Bertz CT molecular complexity index is 238. The molecule has 0 amide bonds. The maximum absolute atomic E-state index is 3.93. The van der Waals surface area contributed by atoms with Gasteiger partial charge in [0, 0.05) is 19.1 Å². The van der Waals surface area contributed by atoms with Gasteiger partial charge in [-0.2, -0.15) is 0 Å². The fourth-order valence-electron chi connectivity index (χ4n) is 3.06. The van der Waals surface area contributed by atoms with E-state index in [1.807, 2.05) is 0 Å². The summed E-state index contributed by atoms with van der Waals surface area (Å²) in [6.07, 6.45) is 12.5. The summed E-state index contributed by atoms with van der Waals surface area (Å²) in [5.74, 6) is 0. The number of nitrogens with zero attached hydrogens (tertiary/aromatic N) is 1. The number of hydrogen-bond acceptors (Lipinski definition) is 1. The average Bonchev–Trinajstić information content (AvgIpc) is 2.98. The maximum atomic E-state index is 3.93. The lowest BCUT2D eigenvalue weighted by atomic mass is 9.71. The fraction of sp³-hybridized carbons (Fsp3) is 0.714. The lowest BCUT2D eigenvalue weighted by Gasteiger charge is -2.37. The highest BCUT2D eigenvalue weighted by atomic mass is 15.3. The minimum atomic E-state index is 0.553. The smallest absolute Gasteiger partial charge is 0.0404 e. The molecule has 1 aliphatic carbocycles. The second-order valence-electron chi connectivity index (χ2n) is 5.29. The Balaban J connectivity index is 1.92. The van der Waals surface area contributed by atoms with Crippen molar-refractivity contribution >= 4 is 0 Å². The first-order valence-corrected chi connectivity index (χ1v) is 6.27. The summed E-state index contributed by atoms with van der Waals surface area (Å²) < 4.78 is 0. The van der Waals surface area contributed by atoms with E-state index in [0.29, 0.717) is 11.5 Å². The van der Waals surface area contributed by atoms with E-state index in [1.54, 1.807) is 0 Å². The minimum absolute atomic E-state index is 0.553. The van der Waals surface area contributed by atoms with Crippen LogP contribution in [0.25, 0.3) is 0 Å². The molecule has 2 aliphatic rings. The largest absolute Gasteiger partial charge is 0.293 e. The molecule has 15 heavy (non-hydrogen) atoms. The first-order valence-electron chi connectivity index (χ1n) is 6.27. The molecule has 2 rings (SSSR count). The van der Waals surface area contributed by atoms with E-state index in [2.05, 4.69) is 30.2 Å². The minimum Gasteiger partial charge on any atom is -0.293 e.